The second kappa shape index (κ2) is 8.43. The molecule has 1 aromatic carbocycles. The highest BCUT2D eigenvalue weighted by Crippen LogP contribution is 2.34. The topological polar surface area (TPSA) is 132 Å². The van der Waals surface area contributed by atoms with E-state index in [2.05, 4.69) is 26.8 Å². The van der Waals surface area contributed by atoms with E-state index in [9.17, 15) is 9.59 Å². The van der Waals surface area contributed by atoms with E-state index in [1.165, 1.54) is 23.7 Å². The van der Waals surface area contributed by atoms with Gasteiger partial charge in [-0.05, 0) is 24.6 Å². The van der Waals surface area contributed by atoms with Crippen LogP contribution in [-0.2, 0) is 4.79 Å². The molecule has 1 aliphatic rings. The molecule has 0 aliphatic carbocycles. The standard InChI is InChI=1S/C22H20N8O2S/c1-2-16(31)29-9-7-15(11-29)30-20-17(19(23)25-12-26-20)18(28-30)13-3-5-14(6-4-13)21(32)27-22-24-8-10-33-22/h2-6,8,10,12,15H,1,7,9,11H2,(H2,23,25,26)(H,24,27,32). The van der Waals surface area contributed by atoms with Crippen molar-refractivity contribution < 1.29 is 9.59 Å². The summed E-state index contributed by atoms with van der Waals surface area (Å²) in [5, 5.41) is 10.6. The molecule has 1 saturated heterocycles. The number of benzene rings is 1. The number of nitrogens with zero attached hydrogens (tertiary/aromatic N) is 6. The first-order valence-corrected chi connectivity index (χ1v) is 11.1. The molecule has 3 aromatic heterocycles. The summed E-state index contributed by atoms with van der Waals surface area (Å²) in [6, 6.07) is 7.05. The van der Waals surface area contributed by atoms with Gasteiger partial charge in [-0.1, -0.05) is 18.7 Å². The smallest absolute Gasteiger partial charge is 0.257 e. The Kier molecular flexibility index (Phi) is 5.31. The minimum Gasteiger partial charge on any atom is -0.383 e. The van der Waals surface area contributed by atoms with Gasteiger partial charge in [0.2, 0.25) is 5.91 Å². The second-order valence-electron chi connectivity index (χ2n) is 7.55. The van der Waals surface area contributed by atoms with Crippen LogP contribution in [0.3, 0.4) is 0 Å². The first-order valence-electron chi connectivity index (χ1n) is 10.3. The Balaban J connectivity index is 1.48. The van der Waals surface area contributed by atoms with Gasteiger partial charge in [0.05, 0.1) is 11.4 Å². The second-order valence-corrected chi connectivity index (χ2v) is 8.44. The van der Waals surface area contributed by atoms with Gasteiger partial charge >= 0.3 is 0 Å². The van der Waals surface area contributed by atoms with Crippen LogP contribution in [0.4, 0.5) is 10.9 Å². The first kappa shape index (κ1) is 20.8. The van der Waals surface area contributed by atoms with Crippen molar-refractivity contribution in [3.63, 3.8) is 0 Å². The third kappa shape index (κ3) is 3.82. The molecule has 1 aliphatic heterocycles. The van der Waals surface area contributed by atoms with Gasteiger partial charge in [0.1, 0.15) is 17.8 Å². The van der Waals surface area contributed by atoms with Crippen molar-refractivity contribution in [1.29, 1.82) is 0 Å². The minimum absolute atomic E-state index is 0.0391. The third-order valence-electron chi connectivity index (χ3n) is 5.59. The first-order chi connectivity index (χ1) is 16.0. The van der Waals surface area contributed by atoms with Gasteiger partial charge in [0.15, 0.2) is 10.8 Å². The van der Waals surface area contributed by atoms with E-state index >= 15 is 0 Å². The lowest BCUT2D eigenvalue weighted by atomic mass is 10.1. The molecule has 0 radical (unpaired) electrons. The molecule has 1 unspecified atom stereocenters. The van der Waals surface area contributed by atoms with E-state index in [1.807, 2.05) is 16.8 Å². The summed E-state index contributed by atoms with van der Waals surface area (Å²) in [6.45, 7) is 4.70. The van der Waals surface area contributed by atoms with E-state index in [-0.39, 0.29) is 17.9 Å². The minimum atomic E-state index is -0.243. The normalized spacial score (nSPS) is 15.6. The summed E-state index contributed by atoms with van der Waals surface area (Å²) in [4.78, 5) is 38.9. The number of rotatable bonds is 5. The largest absolute Gasteiger partial charge is 0.383 e. The van der Waals surface area contributed by atoms with Gasteiger partial charge in [0, 0.05) is 35.8 Å². The van der Waals surface area contributed by atoms with Crippen LogP contribution in [0.15, 0.2) is 54.8 Å². The predicted molar refractivity (Wildman–Crippen MR) is 126 cm³/mol. The molecule has 0 bridgehead atoms. The highest BCUT2D eigenvalue weighted by atomic mass is 32.1. The fourth-order valence-electron chi connectivity index (χ4n) is 3.96. The fraction of sp³-hybridized carbons (Fsp3) is 0.182. The zero-order valence-electron chi connectivity index (χ0n) is 17.5. The number of fused-ring (bicyclic) bond motifs is 1. The van der Waals surface area contributed by atoms with Crippen LogP contribution in [-0.4, -0.2) is 54.5 Å². The summed E-state index contributed by atoms with van der Waals surface area (Å²) in [5.41, 5.74) is 8.72. The molecule has 0 spiro atoms. The summed E-state index contributed by atoms with van der Waals surface area (Å²) >= 11 is 1.35. The summed E-state index contributed by atoms with van der Waals surface area (Å²) in [7, 11) is 0. The zero-order chi connectivity index (χ0) is 22.9. The van der Waals surface area contributed by atoms with Crippen LogP contribution in [0, 0.1) is 0 Å². The zero-order valence-corrected chi connectivity index (χ0v) is 18.3. The van der Waals surface area contributed by atoms with Crippen molar-refractivity contribution >= 4 is 45.1 Å². The number of nitrogen functional groups attached to an aromatic ring is 1. The fourth-order valence-corrected chi connectivity index (χ4v) is 4.48. The van der Waals surface area contributed by atoms with Crippen molar-refractivity contribution in [3.05, 3.63) is 60.4 Å². The Hall–Kier alpha value is -4.12. The van der Waals surface area contributed by atoms with Crippen molar-refractivity contribution in [2.75, 3.05) is 24.1 Å². The highest BCUT2D eigenvalue weighted by Gasteiger charge is 2.30. The lowest BCUT2D eigenvalue weighted by molar-refractivity contribution is -0.125. The Morgan fingerprint density at radius 2 is 2.03 bits per heavy atom. The molecular formula is C22H20N8O2S. The number of anilines is 2. The molecule has 0 saturated carbocycles. The Labute approximate surface area is 192 Å². The number of thiazole rings is 1. The number of hydrogen-bond acceptors (Lipinski definition) is 8. The van der Waals surface area contributed by atoms with Gasteiger partial charge in [-0.25, -0.2) is 19.6 Å². The molecule has 11 heteroatoms. The summed E-state index contributed by atoms with van der Waals surface area (Å²) in [6.07, 6.45) is 5.11. The van der Waals surface area contributed by atoms with E-state index in [4.69, 9.17) is 10.8 Å². The summed E-state index contributed by atoms with van der Waals surface area (Å²) in [5.74, 6) is -0.0218. The molecular weight excluding hydrogens is 440 g/mol. The number of aromatic nitrogens is 5. The molecule has 2 amide bonds. The van der Waals surface area contributed by atoms with Crippen LogP contribution in [0.2, 0.25) is 0 Å². The Morgan fingerprint density at radius 3 is 2.76 bits per heavy atom. The average Bonchev–Trinajstić information content (AvgIpc) is 3.59. The monoisotopic (exact) mass is 460 g/mol. The van der Waals surface area contributed by atoms with Gasteiger partial charge in [-0.15, -0.1) is 11.3 Å². The molecule has 1 atom stereocenters. The lowest BCUT2D eigenvalue weighted by Gasteiger charge is -2.14. The van der Waals surface area contributed by atoms with Crippen molar-refractivity contribution in [1.82, 2.24) is 29.6 Å². The summed E-state index contributed by atoms with van der Waals surface area (Å²) < 4.78 is 1.82. The van der Waals surface area contributed by atoms with Crippen molar-refractivity contribution in [2.24, 2.45) is 0 Å². The van der Waals surface area contributed by atoms with E-state index in [1.54, 1.807) is 28.6 Å². The molecule has 4 heterocycles. The van der Waals surface area contributed by atoms with Gasteiger partial charge in [0.25, 0.3) is 5.91 Å². The van der Waals surface area contributed by atoms with Gasteiger partial charge in [-0.2, -0.15) is 5.10 Å². The maximum atomic E-state index is 12.5. The van der Waals surface area contributed by atoms with Gasteiger partial charge < -0.3 is 10.6 Å². The van der Waals surface area contributed by atoms with Gasteiger partial charge in [-0.3, -0.25) is 14.9 Å². The predicted octanol–water partition coefficient (Wildman–Crippen LogP) is 2.74. The molecule has 5 rings (SSSR count). The lowest BCUT2D eigenvalue weighted by Crippen LogP contribution is -2.27. The number of nitrogens with two attached hydrogens (primary N) is 1. The maximum Gasteiger partial charge on any atom is 0.257 e. The van der Waals surface area contributed by atoms with E-state index < -0.39 is 0 Å². The Morgan fingerprint density at radius 1 is 1.21 bits per heavy atom. The van der Waals surface area contributed by atoms with Crippen LogP contribution in [0.5, 0.6) is 0 Å². The molecule has 10 nitrogen and oxygen atoms in total. The molecule has 1 fully saturated rings. The number of carbonyl (C=O) groups is 2. The molecule has 33 heavy (non-hydrogen) atoms. The third-order valence-corrected chi connectivity index (χ3v) is 6.28. The highest BCUT2D eigenvalue weighted by molar-refractivity contribution is 7.13. The number of likely N-dealkylation sites (tertiary alicyclic amines) is 1. The van der Waals surface area contributed by atoms with Crippen LogP contribution in [0.1, 0.15) is 22.8 Å². The molecule has 4 aromatic rings. The van der Waals surface area contributed by atoms with E-state index in [0.717, 1.165) is 12.0 Å². The maximum absolute atomic E-state index is 12.5. The number of hydrogen-bond donors (Lipinski definition) is 2. The number of nitrogens with one attached hydrogen (secondary N) is 1. The number of carbonyl (C=O) groups excluding carboxylic acids is 2. The number of amides is 2. The SMILES string of the molecule is C=CC(=O)N1CCC(n2nc(-c3ccc(C(=O)Nc4nccs4)cc3)c3c(N)ncnc32)C1. The average molecular weight is 461 g/mol. The quantitative estimate of drug-likeness (QED) is 0.438. The molecule has 166 valence electrons. The van der Waals surface area contributed by atoms with Crippen LogP contribution < -0.4 is 11.1 Å². The van der Waals surface area contributed by atoms with Crippen LogP contribution in [0.25, 0.3) is 22.3 Å². The van der Waals surface area contributed by atoms with Crippen molar-refractivity contribution in [3.8, 4) is 11.3 Å². The van der Waals surface area contributed by atoms with Crippen molar-refractivity contribution in [2.45, 2.75) is 12.5 Å². The van der Waals surface area contributed by atoms with E-state index in [0.29, 0.717) is 46.3 Å². The Bertz CT molecular complexity index is 1350. The van der Waals surface area contributed by atoms with Crippen LogP contribution >= 0.6 is 11.3 Å². The molecule has 3 N–H and O–H groups in total.